The van der Waals surface area contributed by atoms with E-state index in [2.05, 4.69) is 0 Å². The lowest BCUT2D eigenvalue weighted by Gasteiger charge is -2.19. The van der Waals surface area contributed by atoms with Gasteiger partial charge in [0, 0.05) is 7.05 Å². The van der Waals surface area contributed by atoms with Crippen LogP contribution in [0.1, 0.15) is 18.7 Å². The second-order valence-corrected chi connectivity index (χ2v) is 4.36. The quantitative estimate of drug-likeness (QED) is 0.777. The second kappa shape index (κ2) is 3.49. The van der Waals surface area contributed by atoms with Crippen molar-refractivity contribution in [3.05, 3.63) is 24.2 Å². The summed E-state index contributed by atoms with van der Waals surface area (Å²) in [5.74, 6) is 0.566. The summed E-state index contributed by atoms with van der Waals surface area (Å²) in [5, 5.41) is 4.94. The zero-order chi connectivity index (χ0) is 10.1. The van der Waals surface area contributed by atoms with E-state index in [4.69, 9.17) is 9.56 Å². The number of hydrogen-bond donors (Lipinski definition) is 1. The van der Waals surface area contributed by atoms with E-state index in [-0.39, 0.29) is 6.04 Å². The zero-order valence-electron chi connectivity index (χ0n) is 7.47. The van der Waals surface area contributed by atoms with Gasteiger partial charge in [-0.2, -0.15) is 12.7 Å². The Bertz CT molecular complexity index is 357. The third-order valence-electron chi connectivity index (χ3n) is 1.90. The van der Waals surface area contributed by atoms with E-state index < -0.39 is 10.2 Å². The van der Waals surface area contributed by atoms with Crippen molar-refractivity contribution >= 4 is 10.2 Å². The molecule has 6 heteroatoms. The summed E-state index contributed by atoms with van der Waals surface area (Å²) in [7, 11) is -2.25. The maximum Gasteiger partial charge on any atom is 0.277 e. The Balaban J connectivity index is 2.86. The first-order chi connectivity index (χ1) is 5.93. The van der Waals surface area contributed by atoms with Gasteiger partial charge < -0.3 is 4.42 Å². The van der Waals surface area contributed by atoms with Crippen LogP contribution in [0.5, 0.6) is 0 Å². The van der Waals surface area contributed by atoms with Crippen molar-refractivity contribution in [2.45, 2.75) is 13.0 Å². The Morgan fingerprint density at radius 3 is 2.62 bits per heavy atom. The van der Waals surface area contributed by atoms with Crippen LogP contribution in [-0.4, -0.2) is 19.8 Å². The molecule has 0 radical (unpaired) electrons. The molecule has 2 N–H and O–H groups in total. The summed E-state index contributed by atoms with van der Waals surface area (Å²) in [6.45, 7) is 1.70. The molecule has 1 rings (SSSR count). The average Bonchev–Trinajstić information content (AvgIpc) is 2.51. The lowest BCUT2D eigenvalue weighted by Crippen LogP contribution is -2.35. The molecule has 0 aliphatic heterocycles. The van der Waals surface area contributed by atoms with Crippen molar-refractivity contribution in [1.82, 2.24) is 4.31 Å². The zero-order valence-corrected chi connectivity index (χ0v) is 8.28. The molecule has 1 aromatic heterocycles. The number of nitrogens with zero attached hydrogens (tertiary/aromatic N) is 1. The molecule has 1 atom stereocenters. The van der Waals surface area contributed by atoms with Gasteiger partial charge in [-0.05, 0) is 19.1 Å². The molecule has 0 amide bonds. The van der Waals surface area contributed by atoms with Crippen molar-refractivity contribution < 1.29 is 12.8 Å². The first kappa shape index (κ1) is 10.2. The standard InChI is InChI=1S/C7H12N2O3S/c1-6(7-4-3-5-12-7)9(2)13(8,10)11/h3-6H,1-2H3,(H2,8,10,11). The second-order valence-electron chi connectivity index (χ2n) is 2.75. The predicted molar refractivity (Wildman–Crippen MR) is 48.0 cm³/mol. The third kappa shape index (κ3) is 2.30. The van der Waals surface area contributed by atoms with Crippen molar-refractivity contribution in [1.29, 1.82) is 0 Å². The molecule has 0 saturated heterocycles. The molecule has 5 nitrogen and oxygen atoms in total. The maximum absolute atomic E-state index is 10.9. The summed E-state index contributed by atoms with van der Waals surface area (Å²) in [5.41, 5.74) is 0. The largest absolute Gasteiger partial charge is 0.468 e. The van der Waals surface area contributed by atoms with Gasteiger partial charge in [0.25, 0.3) is 10.2 Å². The smallest absolute Gasteiger partial charge is 0.277 e. The summed E-state index contributed by atoms with van der Waals surface area (Å²) in [6, 6.07) is 3.01. The van der Waals surface area contributed by atoms with Crippen LogP contribution >= 0.6 is 0 Å². The highest BCUT2D eigenvalue weighted by Gasteiger charge is 2.22. The van der Waals surface area contributed by atoms with Crippen molar-refractivity contribution in [2.24, 2.45) is 5.14 Å². The van der Waals surface area contributed by atoms with Crippen molar-refractivity contribution in [2.75, 3.05) is 7.05 Å². The van der Waals surface area contributed by atoms with E-state index in [1.54, 1.807) is 19.1 Å². The van der Waals surface area contributed by atoms with Gasteiger partial charge in [-0.25, -0.2) is 5.14 Å². The van der Waals surface area contributed by atoms with E-state index >= 15 is 0 Å². The molecule has 1 unspecified atom stereocenters. The van der Waals surface area contributed by atoms with Crippen LogP contribution in [-0.2, 0) is 10.2 Å². The molecule has 0 fully saturated rings. The van der Waals surface area contributed by atoms with Gasteiger partial charge in [0.15, 0.2) is 0 Å². The Kier molecular flexibility index (Phi) is 2.74. The number of hydrogen-bond acceptors (Lipinski definition) is 3. The van der Waals surface area contributed by atoms with Crippen LogP contribution in [0.25, 0.3) is 0 Å². The molecule has 0 saturated carbocycles. The van der Waals surface area contributed by atoms with Crippen LogP contribution in [0, 0.1) is 0 Å². The van der Waals surface area contributed by atoms with Gasteiger partial charge in [0.2, 0.25) is 0 Å². The molecule has 0 aliphatic rings. The van der Waals surface area contributed by atoms with Crippen LogP contribution in [0.15, 0.2) is 22.8 Å². The van der Waals surface area contributed by atoms with E-state index in [0.29, 0.717) is 5.76 Å². The number of rotatable bonds is 3. The lowest BCUT2D eigenvalue weighted by atomic mass is 10.3. The number of furan rings is 1. The average molecular weight is 204 g/mol. The molecule has 74 valence electrons. The van der Waals surface area contributed by atoms with Crippen LogP contribution in [0.2, 0.25) is 0 Å². The van der Waals surface area contributed by atoms with Crippen LogP contribution in [0.4, 0.5) is 0 Å². The van der Waals surface area contributed by atoms with Crippen molar-refractivity contribution in [3.63, 3.8) is 0 Å². The third-order valence-corrected chi connectivity index (χ3v) is 3.02. The molecule has 1 heterocycles. The minimum atomic E-state index is -3.65. The topological polar surface area (TPSA) is 76.5 Å². The van der Waals surface area contributed by atoms with Gasteiger partial charge in [0.1, 0.15) is 5.76 Å². The molecular weight excluding hydrogens is 192 g/mol. The number of nitrogens with two attached hydrogens (primary N) is 1. The predicted octanol–water partition coefficient (Wildman–Crippen LogP) is 0.476. The molecular formula is C7H12N2O3S. The highest BCUT2D eigenvalue weighted by molar-refractivity contribution is 7.86. The highest BCUT2D eigenvalue weighted by atomic mass is 32.2. The van der Waals surface area contributed by atoms with E-state index in [1.165, 1.54) is 13.3 Å². The Morgan fingerprint density at radius 2 is 2.23 bits per heavy atom. The molecule has 0 spiro atoms. The van der Waals surface area contributed by atoms with E-state index in [1.807, 2.05) is 0 Å². The van der Waals surface area contributed by atoms with E-state index in [0.717, 1.165) is 4.31 Å². The molecule has 13 heavy (non-hydrogen) atoms. The first-order valence-corrected chi connectivity index (χ1v) is 5.22. The fourth-order valence-electron chi connectivity index (χ4n) is 0.929. The minimum Gasteiger partial charge on any atom is -0.468 e. The van der Waals surface area contributed by atoms with Crippen LogP contribution in [0.3, 0.4) is 0 Å². The molecule has 0 aliphatic carbocycles. The van der Waals surface area contributed by atoms with Gasteiger partial charge in [-0.1, -0.05) is 0 Å². The SMILES string of the molecule is CC(c1ccco1)N(C)S(N)(=O)=O. The summed E-state index contributed by atoms with van der Waals surface area (Å²) in [4.78, 5) is 0. The van der Waals surface area contributed by atoms with Gasteiger partial charge in [0.05, 0.1) is 12.3 Å². The minimum absolute atomic E-state index is 0.384. The summed E-state index contributed by atoms with van der Waals surface area (Å²) < 4.78 is 28.0. The summed E-state index contributed by atoms with van der Waals surface area (Å²) in [6.07, 6.45) is 1.49. The molecule has 1 aromatic rings. The summed E-state index contributed by atoms with van der Waals surface area (Å²) >= 11 is 0. The normalized spacial score (nSPS) is 14.8. The fourth-order valence-corrected chi connectivity index (χ4v) is 1.47. The first-order valence-electron chi connectivity index (χ1n) is 3.72. The lowest BCUT2D eigenvalue weighted by molar-refractivity contribution is 0.340. The van der Waals surface area contributed by atoms with Gasteiger partial charge in [-0.3, -0.25) is 0 Å². The fraction of sp³-hybridized carbons (Fsp3) is 0.429. The monoisotopic (exact) mass is 204 g/mol. The van der Waals surface area contributed by atoms with Gasteiger partial charge in [-0.15, -0.1) is 0 Å². The Hall–Kier alpha value is -0.850. The highest BCUT2D eigenvalue weighted by Crippen LogP contribution is 2.19. The van der Waals surface area contributed by atoms with Crippen LogP contribution < -0.4 is 5.14 Å². The van der Waals surface area contributed by atoms with Crippen molar-refractivity contribution in [3.8, 4) is 0 Å². The van der Waals surface area contributed by atoms with E-state index in [9.17, 15) is 8.42 Å². The Labute approximate surface area is 77.3 Å². The molecule has 0 aromatic carbocycles. The van der Waals surface area contributed by atoms with Gasteiger partial charge >= 0.3 is 0 Å². The molecule has 0 bridgehead atoms. The Morgan fingerprint density at radius 1 is 1.62 bits per heavy atom. The maximum atomic E-state index is 10.9.